The first-order chi connectivity index (χ1) is 35.2. The number of nitrogens with one attached hydrogen (secondary N) is 2. The van der Waals surface area contributed by atoms with Crippen molar-refractivity contribution in [2.45, 2.75) is 128 Å². The normalized spacial score (nSPS) is 22.0. The van der Waals surface area contributed by atoms with Gasteiger partial charge in [0.15, 0.2) is 0 Å². The number of hydrogen-bond acceptors (Lipinski definition) is 14. The van der Waals surface area contributed by atoms with Crippen LogP contribution in [0.3, 0.4) is 0 Å². The molecule has 2 saturated heterocycles. The Morgan fingerprint density at radius 3 is 1.42 bits per heavy atom. The van der Waals surface area contributed by atoms with Crippen LogP contribution < -0.4 is 10.6 Å². The zero-order valence-electron chi connectivity index (χ0n) is 40.6. The second-order valence-electron chi connectivity index (χ2n) is 22.0. The van der Waals surface area contributed by atoms with E-state index < -0.39 is 0 Å². The SMILES string of the molecule is O=C(Cc1sc2c(c1C(=O)N1CCC3(CC3)C1)C[C@@H](n1cnnc1Nc1cccnc1)CC2)C1CC1.O=C(Cc1sc2c(c1C(=O)N1CCC3(CC3)C1)C[C@H](n1cnnc1Nc1cccnc1)CC2)C1CC1. The summed E-state index contributed by atoms with van der Waals surface area (Å²) < 4.78 is 4.18. The van der Waals surface area contributed by atoms with E-state index in [0.29, 0.717) is 47.1 Å². The highest BCUT2D eigenvalue weighted by Crippen LogP contribution is 2.54. The van der Waals surface area contributed by atoms with Crippen LogP contribution in [0.2, 0.25) is 0 Å². The predicted octanol–water partition coefficient (Wildman–Crippen LogP) is 8.71. The van der Waals surface area contributed by atoms with Crippen molar-refractivity contribution in [2.75, 3.05) is 36.8 Å². The lowest BCUT2D eigenvalue weighted by Gasteiger charge is -2.26. The van der Waals surface area contributed by atoms with E-state index in [-0.39, 0.29) is 35.7 Å². The van der Waals surface area contributed by atoms with Gasteiger partial charge in [0.25, 0.3) is 11.8 Å². The zero-order valence-corrected chi connectivity index (χ0v) is 42.2. The third-order valence-electron chi connectivity index (χ3n) is 16.9. The van der Waals surface area contributed by atoms with E-state index in [4.69, 9.17) is 0 Å². The van der Waals surface area contributed by atoms with Crippen LogP contribution in [0.5, 0.6) is 0 Å². The van der Waals surface area contributed by atoms with Gasteiger partial charge >= 0.3 is 0 Å². The number of Topliss-reactive ketones (excluding diaryl/α,β-unsaturated/α-hetero) is 2. The number of nitrogens with zero attached hydrogens (tertiary/aromatic N) is 10. The standard InChI is InChI=1S/2C27H30N6O2S/c2*34-21(17-3-4-17)13-23-24(25(35)32-11-9-27(15-32)7-8-27)20-12-19(5-6-22(20)36-23)33-16-29-31-26(33)30-18-2-1-10-28-14-18/h2*1-2,10,14,16-17,19H,3-9,11-13,15H2,(H,30,31)/t2*19-/m10/s1. The zero-order chi connectivity index (χ0) is 48.6. The molecular formula is C54H60N12O4S2. The van der Waals surface area contributed by atoms with Gasteiger partial charge in [0.1, 0.15) is 24.2 Å². The first kappa shape index (κ1) is 45.7. The average Bonchev–Trinajstić information content (AvgIpc) is 4.36. The molecule has 372 valence electrons. The summed E-state index contributed by atoms with van der Waals surface area (Å²) in [6, 6.07) is 7.96. The van der Waals surface area contributed by atoms with Gasteiger partial charge in [-0.1, -0.05) is 0 Å². The van der Waals surface area contributed by atoms with Crippen molar-refractivity contribution in [3.8, 4) is 0 Å². The predicted molar refractivity (Wildman–Crippen MR) is 273 cm³/mol. The number of rotatable bonds is 14. The monoisotopic (exact) mass is 1000 g/mol. The number of aromatic nitrogens is 8. The molecule has 4 saturated carbocycles. The fourth-order valence-corrected chi connectivity index (χ4v) is 14.6. The summed E-state index contributed by atoms with van der Waals surface area (Å²) in [6.07, 6.45) is 27.8. The summed E-state index contributed by atoms with van der Waals surface area (Å²) in [5.74, 6) is 2.68. The number of hydrogen-bond donors (Lipinski definition) is 2. The van der Waals surface area contributed by atoms with Crippen LogP contribution in [-0.2, 0) is 48.1 Å². The van der Waals surface area contributed by atoms with Crippen LogP contribution in [0, 0.1) is 22.7 Å². The van der Waals surface area contributed by atoms with E-state index in [1.807, 2.05) is 24.3 Å². The molecule has 2 amide bonds. The number of anilines is 4. The number of thiophene rings is 2. The molecule has 0 radical (unpaired) electrons. The van der Waals surface area contributed by atoms with Gasteiger partial charge in [-0.05, 0) is 149 Å². The summed E-state index contributed by atoms with van der Waals surface area (Å²) in [6.45, 7) is 3.43. The smallest absolute Gasteiger partial charge is 0.255 e. The molecule has 2 aliphatic heterocycles. The molecule has 72 heavy (non-hydrogen) atoms. The average molecular weight is 1010 g/mol. The van der Waals surface area contributed by atoms with Gasteiger partial charge in [0.2, 0.25) is 11.9 Å². The minimum Gasteiger partial charge on any atom is -0.338 e. The maximum atomic E-state index is 14.0. The summed E-state index contributed by atoms with van der Waals surface area (Å²) in [5.41, 5.74) is 6.45. The number of fused-ring (bicyclic) bond motifs is 2. The summed E-state index contributed by atoms with van der Waals surface area (Å²) >= 11 is 3.42. The molecule has 0 bridgehead atoms. The Hall–Kier alpha value is -6.14. The first-order valence-electron chi connectivity index (χ1n) is 26.2. The van der Waals surface area contributed by atoms with Crippen molar-refractivity contribution in [3.05, 3.63) is 103 Å². The Morgan fingerprint density at radius 1 is 0.597 bits per heavy atom. The molecule has 16 nitrogen and oxygen atoms in total. The quantitative estimate of drug-likeness (QED) is 0.106. The molecular weight excluding hydrogens is 945 g/mol. The highest BCUT2D eigenvalue weighted by molar-refractivity contribution is 7.13. The number of pyridine rings is 2. The van der Waals surface area contributed by atoms with E-state index in [9.17, 15) is 19.2 Å². The summed E-state index contributed by atoms with van der Waals surface area (Å²) in [5, 5.41) is 23.6. The Labute approximate surface area is 426 Å². The Bertz CT molecular complexity index is 2850. The van der Waals surface area contributed by atoms with E-state index in [0.717, 1.165) is 147 Å². The number of amides is 2. The Kier molecular flexibility index (Phi) is 11.7. The van der Waals surface area contributed by atoms with Gasteiger partial charge in [-0.25, -0.2) is 0 Å². The first-order valence-corrected chi connectivity index (χ1v) is 27.8. The van der Waals surface area contributed by atoms with E-state index in [2.05, 4.69) is 59.9 Å². The molecule has 14 rings (SSSR count). The minimum atomic E-state index is 0.146. The molecule has 6 aliphatic carbocycles. The molecule has 8 aliphatic rings. The van der Waals surface area contributed by atoms with Gasteiger partial charge in [-0.15, -0.1) is 43.1 Å². The number of aryl methyl sites for hydroxylation is 2. The Balaban J connectivity index is 0.000000140. The molecule has 8 heterocycles. The molecule has 6 aromatic rings. The van der Waals surface area contributed by atoms with Gasteiger partial charge < -0.3 is 20.4 Å². The lowest BCUT2D eigenvalue weighted by Crippen LogP contribution is -2.31. The lowest BCUT2D eigenvalue weighted by atomic mass is 9.89. The maximum Gasteiger partial charge on any atom is 0.255 e. The van der Waals surface area contributed by atoms with Crippen LogP contribution in [0.4, 0.5) is 23.3 Å². The van der Waals surface area contributed by atoms with Crippen molar-refractivity contribution in [3.63, 3.8) is 0 Å². The molecule has 6 fully saturated rings. The molecule has 2 spiro atoms. The fourth-order valence-electron chi connectivity index (χ4n) is 11.9. The number of carbonyl (C=O) groups is 4. The third kappa shape index (κ3) is 9.17. The van der Waals surface area contributed by atoms with Crippen molar-refractivity contribution >= 4 is 69.3 Å². The van der Waals surface area contributed by atoms with Gasteiger partial charge in [0.05, 0.1) is 34.9 Å². The summed E-state index contributed by atoms with van der Waals surface area (Å²) in [4.78, 5) is 70.6. The largest absolute Gasteiger partial charge is 0.338 e. The molecule has 0 unspecified atom stereocenters. The van der Waals surface area contributed by atoms with Crippen LogP contribution >= 0.6 is 22.7 Å². The van der Waals surface area contributed by atoms with Crippen LogP contribution in [0.25, 0.3) is 0 Å². The Morgan fingerprint density at radius 2 is 1.04 bits per heavy atom. The highest BCUT2D eigenvalue weighted by atomic mass is 32.1. The fraction of sp³-hybridized carbons (Fsp3) is 0.519. The van der Waals surface area contributed by atoms with E-state index in [1.165, 1.54) is 35.4 Å². The number of likely N-dealkylation sites (tertiary alicyclic amines) is 2. The van der Waals surface area contributed by atoms with Gasteiger partial charge in [0, 0.05) is 94.8 Å². The topological polar surface area (TPSA) is 186 Å². The number of carbonyl (C=O) groups excluding carboxylic acids is 4. The minimum absolute atomic E-state index is 0.146. The lowest BCUT2D eigenvalue weighted by molar-refractivity contribution is -0.120. The van der Waals surface area contributed by atoms with Gasteiger partial charge in [-0.2, -0.15) is 0 Å². The maximum absolute atomic E-state index is 14.0. The van der Waals surface area contributed by atoms with Crippen LogP contribution in [-0.4, -0.2) is 98.9 Å². The second kappa shape index (κ2) is 18.4. The molecule has 2 N–H and O–H groups in total. The highest BCUT2D eigenvalue weighted by Gasteiger charge is 2.51. The summed E-state index contributed by atoms with van der Waals surface area (Å²) in [7, 11) is 0. The van der Waals surface area contributed by atoms with Crippen molar-refractivity contribution < 1.29 is 19.2 Å². The second-order valence-corrected chi connectivity index (χ2v) is 24.4. The van der Waals surface area contributed by atoms with E-state index in [1.54, 1.807) is 60.1 Å². The van der Waals surface area contributed by atoms with Crippen LogP contribution in [0.15, 0.2) is 61.7 Å². The van der Waals surface area contributed by atoms with Crippen molar-refractivity contribution in [2.24, 2.45) is 22.7 Å². The van der Waals surface area contributed by atoms with Crippen molar-refractivity contribution in [1.82, 2.24) is 49.3 Å². The number of ketones is 2. The molecule has 18 heteroatoms. The van der Waals surface area contributed by atoms with E-state index >= 15 is 0 Å². The molecule has 6 aromatic heterocycles. The third-order valence-corrected chi connectivity index (χ3v) is 19.5. The van der Waals surface area contributed by atoms with Gasteiger partial charge in [-0.3, -0.25) is 38.3 Å². The molecule has 0 aromatic carbocycles. The van der Waals surface area contributed by atoms with Crippen molar-refractivity contribution in [1.29, 1.82) is 0 Å². The molecule has 2 atom stereocenters. The van der Waals surface area contributed by atoms with Crippen LogP contribution in [0.1, 0.15) is 140 Å².